The van der Waals surface area contributed by atoms with E-state index in [9.17, 15) is 19.4 Å². The molecule has 6 heterocycles. The van der Waals surface area contributed by atoms with Gasteiger partial charge in [0.1, 0.15) is 42.4 Å². The molecule has 7 N–H and O–H groups in total. The first-order valence-electron chi connectivity index (χ1n) is 12.7. The number of alkyl halides is 2. The normalized spacial score (nSPS) is 30.3. The second-order valence-electron chi connectivity index (χ2n) is 9.70. The number of imidazole rings is 2. The summed E-state index contributed by atoms with van der Waals surface area (Å²) in [7, 11) is -2.64. The van der Waals surface area contributed by atoms with Gasteiger partial charge in [0.25, 0.3) is 5.56 Å². The Kier molecular flexibility index (Phi) is 8.86. The molecule has 25 heteroatoms. The van der Waals surface area contributed by atoms with Gasteiger partial charge in [-0.05, 0) is 16.4 Å². The highest BCUT2D eigenvalue weighted by Crippen LogP contribution is 2.51. The van der Waals surface area contributed by atoms with E-state index in [1.54, 1.807) is 0 Å². The number of nitrogens with two attached hydrogens (primary N) is 2. The molecule has 2 aliphatic heterocycles. The van der Waals surface area contributed by atoms with Crippen LogP contribution in [0.4, 0.5) is 20.5 Å². The first kappa shape index (κ1) is 32.1. The number of hydrogen-bond donors (Lipinski definition) is 6. The number of nitrogens with one attached hydrogen (secondary N) is 1. The lowest BCUT2D eigenvalue weighted by Crippen LogP contribution is -2.34. The third-order valence-electron chi connectivity index (χ3n) is 6.97. The lowest BCUT2D eigenvalue weighted by Gasteiger charge is -2.26. The Morgan fingerprint density at radius 1 is 1.07 bits per heavy atom. The van der Waals surface area contributed by atoms with Crippen molar-refractivity contribution in [2.75, 3.05) is 24.7 Å². The van der Waals surface area contributed by atoms with Crippen LogP contribution in [0.1, 0.15) is 12.5 Å². The van der Waals surface area contributed by atoms with Crippen LogP contribution in [0, 0.1) is 0 Å². The average Bonchev–Trinajstić information content (AvgIpc) is 3.73. The zero-order valence-electron chi connectivity index (χ0n) is 22.3. The van der Waals surface area contributed by atoms with E-state index in [0.29, 0.717) is 0 Å². The van der Waals surface area contributed by atoms with Gasteiger partial charge in [-0.15, -0.1) is 4.52 Å². The zero-order chi connectivity index (χ0) is 32.2. The molecule has 0 spiro atoms. The van der Waals surface area contributed by atoms with Crippen molar-refractivity contribution in [3.05, 3.63) is 29.3 Å². The van der Waals surface area contributed by atoms with Crippen molar-refractivity contribution in [2.45, 2.75) is 49.2 Å². The Hall–Kier alpha value is -2.82. The third-order valence-corrected chi connectivity index (χ3v) is 9.23. The Balaban J connectivity index is 1.22. The number of nitrogen functional groups attached to an aromatic ring is 2. The van der Waals surface area contributed by atoms with Crippen LogP contribution < -0.4 is 17.0 Å². The molecule has 0 bridgehead atoms. The number of rotatable bonds is 10. The molecule has 10 unspecified atom stereocenters. The lowest BCUT2D eigenvalue weighted by atomic mass is 10.1. The molecule has 2 fully saturated rings. The minimum Gasteiger partial charge on any atom is -0.394 e. The van der Waals surface area contributed by atoms with Crippen LogP contribution in [0.3, 0.4) is 0 Å². The fourth-order valence-electron chi connectivity index (χ4n) is 5.00. The number of fused-ring (bicyclic) bond motifs is 2. The molecule has 4 aromatic heterocycles. The van der Waals surface area contributed by atoms with E-state index in [1.807, 2.05) is 0 Å². The van der Waals surface area contributed by atoms with Gasteiger partial charge >= 0.3 is 13.9 Å². The van der Waals surface area contributed by atoms with Gasteiger partial charge in [0.15, 0.2) is 53.5 Å². The summed E-state index contributed by atoms with van der Waals surface area (Å²) in [5.41, 5.74) is 10.8. The summed E-state index contributed by atoms with van der Waals surface area (Å²) in [6, 6.07) is 0. The predicted molar refractivity (Wildman–Crippen MR) is 156 cm³/mol. The number of thiol groups is 1. The van der Waals surface area contributed by atoms with Crippen molar-refractivity contribution in [3.63, 3.8) is 0 Å². The Bertz CT molecular complexity index is 1870. The maximum atomic E-state index is 15.7. The Morgan fingerprint density at radius 2 is 1.76 bits per heavy atom. The van der Waals surface area contributed by atoms with Gasteiger partial charge in [-0.2, -0.15) is 4.98 Å². The second-order valence-corrected chi connectivity index (χ2v) is 14.2. The van der Waals surface area contributed by atoms with Crippen LogP contribution in [0.25, 0.3) is 22.3 Å². The first-order valence-corrected chi connectivity index (χ1v) is 17.6. The molecular weight excluding hydrogens is 688 g/mol. The molecule has 0 aromatic carbocycles. The number of halogens is 2. The maximum absolute atomic E-state index is 15.7. The largest absolute Gasteiger partial charge is 0.582 e. The van der Waals surface area contributed by atoms with Crippen LogP contribution in [0.5, 0.6) is 0 Å². The maximum Gasteiger partial charge on any atom is 0.582 e. The Morgan fingerprint density at radius 3 is 2.47 bits per heavy atom. The number of aromatic nitrogens is 8. The van der Waals surface area contributed by atoms with Gasteiger partial charge in [-0.3, -0.25) is 23.4 Å². The molecule has 19 nitrogen and oxygen atoms in total. The third kappa shape index (κ3) is 6.05. The van der Waals surface area contributed by atoms with E-state index in [4.69, 9.17) is 46.3 Å². The minimum absolute atomic E-state index is 0.0370. The molecule has 45 heavy (non-hydrogen) atoms. The smallest absolute Gasteiger partial charge is 0.394 e. The first-order chi connectivity index (χ1) is 21.4. The quantitative estimate of drug-likeness (QED) is 0.0946. The van der Waals surface area contributed by atoms with Gasteiger partial charge in [0.2, 0.25) is 5.95 Å². The van der Waals surface area contributed by atoms with E-state index in [0.717, 1.165) is 17.2 Å². The van der Waals surface area contributed by atoms with Crippen molar-refractivity contribution >= 4 is 72.1 Å². The number of H-pyrrole nitrogens is 1. The predicted octanol–water partition coefficient (Wildman–Crippen LogP) is 0.178. The number of aliphatic hydroxyl groups is 1. The zero-order valence-corrected chi connectivity index (χ0v) is 25.8. The molecule has 0 saturated carbocycles. The van der Waals surface area contributed by atoms with Gasteiger partial charge in [0, 0.05) is 0 Å². The summed E-state index contributed by atoms with van der Waals surface area (Å²) in [4.78, 5) is 45.4. The molecule has 6 rings (SSSR count). The fourth-order valence-corrected chi connectivity index (χ4v) is 7.19. The average molecular weight is 712 g/mol. The van der Waals surface area contributed by atoms with Crippen molar-refractivity contribution in [2.24, 2.45) is 0 Å². The summed E-state index contributed by atoms with van der Waals surface area (Å²) in [5, 5.41) is 9.66. The molecule has 10 atom stereocenters. The van der Waals surface area contributed by atoms with Crippen molar-refractivity contribution < 1.29 is 46.4 Å². The van der Waals surface area contributed by atoms with Gasteiger partial charge in [-0.25, -0.2) is 28.7 Å². The number of nitrogens with zero attached hydrogens (tertiary/aromatic N) is 7. The SMILES string of the molecule is Nc1nc2c(ncn2C2OC(CO)C(F)C2OP(O)(=S)OCC2OC(n3cnc4c(N)ncnc43)C(F)C2O[P+](=O)S)c(=O)[nH]1. The van der Waals surface area contributed by atoms with Crippen LogP contribution in [-0.4, -0.2) is 99.0 Å². The molecule has 242 valence electrons. The highest BCUT2D eigenvalue weighted by atomic mass is 32.7. The van der Waals surface area contributed by atoms with Crippen LogP contribution in [0.15, 0.2) is 23.8 Å². The van der Waals surface area contributed by atoms with Gasteiger partial charge < -0.3 is 35.5 Å². The molecule has 2 saturated heterocycles. The van der Waals surface area contributed by atoms with Gasteiger partial charge in [-0.1, -0.05) is 0 Å². The van der Waals surface area contributed by atoms with E-state index < -0.39 is 81.9 Å². The highest BCUT2D eigenvalue weighted by Gasteiger charge is 2.53. The standard InChI is InChI=1S/C20H22F2N10O9P2S2/c21-8-6(1-33)38-19(32-5-28-11-16(32)29-20(24)30-17(11)34)13(8)41-43(36,45)37-2-7-12(40-42(35)44)9(22)18(39-7)31-4-27-10-14(23)25-3-26-15(10)31/h3-9,12-13,18-19,33H,1-2H2,(H6-,23,24,25,26,29,30,34,35,36,44,45)/p+1. The number of ether oxygens (including phenoxy) is 2. The van der Waals surface area contributed by atoms with E-state index >= 15 is 8.78 Å². The van der Waals surface area contributed by atoms with Crippen LogP contribution in [0.2, 0.25) is 0 Å². The molecule has 4 aromatic rings. The number of aliphatic hydroxyl groups excluding tert-OH is 1. The molecule has 0 aliphatic carbocycles. The summed E-state index contributed by atoms with van der Waals surface area (Å²) >= 11 is 8.82. The summed E-state index contributed by atoms with van der Waals surface area (Å²) in [5.74, 6) is -0.230. The van der Waals surface area contributed by atoms with E-state index in [2.05, 4.69) is 42.2 Å². The highest BCUT2D eigenvalue weighted by molar-refractivity contribution is 8.39. The lowest BCUT2D eigenvalue weighted by molar-refractivity contribution is -0.0539. The molecule has 2 aliphatic rings. The minimum atomic E-state index is -4.41. The summed E-state index contributed by atoms with van der Waals surface area (Å²) in [6.07, 6.45) is -9.54. The van der Waals surface area contributed by atoms with E-state index in [-0.39, 0.29) is 34.1 Å². The monoisotopic (exact) mass is 711 g/mol. The Labute approximate surface area is 260 Å². The van der Waals surface area contributed by atoms with Crippen molar-refractivity contribution in [1.82, 2.24) is 39.0 Å². The molecular formula is C20H23F2N10O9P2S2+. The number of anilines is 2. The van der Waals surface area contributed by atoms with Crippen molar-refractivity contribution in [3.8, 4) is 0 Å². The molecule has 0 radical (unpaired) electrons. The van der Waals surface area contributed by atoms with Gasteiger partial charge in [0.05, 0.1) is 25.9 Å². The topological polar surface area (TPSA) is 263 Å². The van der Waals surface area contributed by atoms with Crippen LogP contribution >= 0.6 is 26.2 Å². The summed E-state index contributed by atoms with van der Waals surface area (Å²) < 4.78 is 72.7. The fraction of sp³-hybridized carbons (Fsp3) is 0.500. The number of hydrogen-bond acceptors (Lipinski definition) is 16. The van der Waals surface area contributed by atoms with Crippen LogP contribution in [-0.2, 0) is 39.4 Å². The number of aromatic amines is 1. The second kappa shape index (κ2) is 12.4. The molecule has 0 amide bonds. The summed E-state index contributed by atoms with van der Waals surface area (Å²) in [6.45, 7) is -5.89. The van der Waals surface area contributed by atoms with Crippen molar-refractivity contribution in [1.29, 1.82) is 0 Å². The van der Waals surface area contributed by atoms with E-state index in [1.165, 1.54) is 10.9 Å².